The fourth-order valence-corrected chi connectivity index (χ4v) is 1.56. The van der Waals surface area contributed by atoms with Crippen LogP contribution in [0, 0.1) is 10.1 Å². The van der Waals surface area contributed by atoms with Crippen LogP contribution in [0.1, 0.15) is 16.1 Å². The van der Waals surface area contributed by atoms with E-state index in [1.54, 1.807) is 24.3 Å². The minimum absolute atomic E-state index is 0.243. The normalized spacial score (nSPS) is 10.7. The molecule has 0 unspecified atom stereocenters. The topological polar surface area (TPSA) is 82.6 Å². The van der Waals surface area contributed by atoms with Crippen LogP contribution in [0.4, 0.5) is 5.88 Å². The average Bonchev–Trinajstić information content (AvgIpc) is 2.94. The highest BCUT2D eigenvalue weighted by molar-refractivity contribution is 6.06. The lowest BCUT2D eigenvalue weighted by atomic mass is 10.1. The molecule has 0 amide bonds. The SMILES string of the molecule is COc1cccc(C(=O)/C=C\c2ccc([N+](=O)[O-])o2)c1. The van der Waals surface area contributed by atoms with Gasteiger partial charge in [0.05, 0.1) is 13.2 Å². The van der Waals surface area contributed by atoms with Crippen molar-refractivity contribution >= 4 is 17.7 Å². The minimum Gasteiger partial charge on any atom is -0.497 e. The predicted octanol–water partition coefficient (Wildman–Crippen LogP) is 3.09. The number of carbonyl (C=O) groups is 1. The summed E-state index contributed by atoms with van der Waals surface area (Å²) in [5.41, 5.74) is 0.460. The molecule has 2 rings (SSSR count). The molecule has 0 saturated carbocycles. The highest BCUT2D eigenvalue weighted by Crippen LogP contribution is 2.18. The van der Waals surface area contributed by atoms with Crippen molar-refractivity contribution in [2.45, 2.75) is 0 Å². The summed E-state index contributed by atoms with van der Waals surface area (Å²) >= 11 is 0. The average molecular weight is 273 g/mol. The molecule has 102 valence electrons. The van der Waals surface area contributed by atoms with E-state index in [1.807, 2.05) is 0 Å². The molecule has 6 heteroatoms. The first kappa shape index (κ1) is 13.5. The minimum atomic E-state index is -0.638. The first-order valence-electron chi connectivity index (χ1n) is 5.71. The van der Waals surface area contributed by atoms with Crippen LogP contribution in [0.3, 0.4) is 0 Å². The second-order valence-electron chi connectivity index (χ2n) is 3.86. The van der Waals surface area contributed by atoms with Gasteiger partial charge in [0, 0.05) is 5.56 Å². The zero-order valence-electron chi connectivity index (χ0n) is 10.6. The van der Waals surface area contributed by atoms with Crippen LogP contribution in [0.25, 0.3) is 6.08 Å². The number of ether oxygens (including phenoxy) is 1. The largest absolute Gasteiger partial charge is 0.497 e. The quantitative estimate of drug-likeness (QED) is 0.362. The Morgan fingerprint density at radius 2 is 2.15 bits per heavy atom. The fraction of sp³-hybridized carbons (Fsp3) is 0.0714. The second kappa shape index (κ2) is 5.83. The van der Waals surface area contributed by atoms with Gasteiger partial charge in [-0.05, 0) is 30.4 Å². The zero-order chi connectivity index (χ0) is 14.5. The number of allylic oxidation sites excluding steroid dienone is 1. The summed E-state index contributed by atoms with van der Waals surface area (Å²) in [6, 6.07) is 9.36. The molecule has 0 radical (unpaired) electrons. The molecule has 1 aromatic carbocycles. The Morgan fingerprint density at radius 1 is 1.35 bits per heavy atom. The van der Waals surface area contributed by atoms with E-state index in [2.05, 4.69) is 0 Å². The number of carbonyl (C=O) groups excluding carboxylic acids is 1. The number of methoxy groups -OCH3 is 1. The molecule has 20 heavy (non-hydrogen) atoms. The van der Waals surface area contributed by atoms with Gasteiger partial charge in [-0.25, -0.2) is 0 Å². The van der Waals surface area contributed by atoms with Gasteiger partial charge in [0.1, 0.15) is 16.4 Å². The van der Waals surface area contributed by atoms with Crippen LogP contribution >= 0.6 is 0 Å². The molecule has 0 N–H and O–H groups in total. The van der Waals surface area contributed by atoms with Gasteiger partial charge in [0.25, 0.3) is 0 Å². The summed E-state index contributed by atoms with van der Waals surface area (Å²) in [4.78, 5) is 21.7. The molecule has 2 aromatic rings. The van der Waals surface area contributed by atoms with Gasteiger partial charge in [-0.2, -0.15) is 0 Å². The maximum absolute atomic E-state index is 11.9. The Balaban J connectivity index is 2.13. The molecule has 0 bridgehead atoms. The van der Waals surface area contributed by atoms with E-state index in [1.165, 1.54) is 31.4 Å². The van der Waals surface area contributed by atoms with Gasteiger partial charge in [-0.15, -0.1) is 0 Å². The first-order valence-corrected chi connectivity index (χ1v) is 5.71. The predicted molar refractivity (Wildman–Crippen MR) is 71.7 cm³/mol. The maximum Gasteiger partial charge on any atom is 0.433 e. The second-order valence-corrected chi connectivity index (χ2v) is 3.86. The van der Waals surface area contributed by atoms with Crippen molar-refractivity contribution in [1.82, 2.24) is 0 Å². The third-order valence-corrected chi connectivity index (χ3v) is 2.55. The van der Waals surface area contributed by atoms with E-state index in [9.17, 15) is 14.9 Å². The highest BCUT2D eigenvalue weighted by atomic mass is 16.6. The zero-order valence-corrected chi connectivity index (χ0v) is 10.6. The van der Waals surface area contributed by atoms with Crippen LogP contribution in [0.2, 0.25) is 0 Å². The Labute approximate surface area is 114 Å². The first-order chi connectivity index (χ1) is 9.60. The Kier molecular flexibility index (Phi) is 3.95. The van der Waals surface area contributed by atoms with E-state index in [-0.39, 0.29) is 17.4 Å². The third-order valence-electron chi connectivity index (χ3n) is 2.55. The lowest BCUT2D eigenvalue weighted by Crippen LogP contribution is -1.94. The summed E-state index contributed by atoms with van der Waals surface area (Å²) in [6.45, 7) is 0. The van der Waals surface area contributed by atoms with E-state index in [4.69, 9.17) is 9.15 Å². The molecule has 1 heterocycles. The van der Waals surface area contributed by atoms with Crippen molar-refractivity contribution in [3.05, 3.63) is 63.9 Å². The van der Waals surface area contributed by atoms with Crippen molar-refractivity contribution in [1.29, 1.82) is 0 Å². The van der Waals surface area contributed by atoms with Crippen LogP contribution in [-0.2, 0) is 0 Å². The standard InChI is InChI=1S/C14H11NO5/c1-19-12-4-2-3-10(9-12)13(16)7-5-11-6-8-14(20-11)15(17)18/h2-9H,1H3/b7-5-. The smallest absolute Gasteiger partial charge is 0.433 e. The van der Waals surface area contributed by atoms with Crippen molar-refractivity contribution in [3.63, 3.8) is 0 Å². The number of furan rings is 1. The number of ketones is 1. The third kappa shape index (κ3) is 3.11. The van der Waals surface area contributed by atoms with Crippen LogP contribution in [0.5, 0.6) is 5.75 Å². The monoisotopic (exact) mass is 273 g/mol. The number of nitrogens with zero attached hydrogens (tertiary/aromatic N) is 1. The molecule has 0 spiro atoms. The summed E-state index contributed by atoms with van der Waals surface area (Å²) in [6.07, 6.45) is 2.67. The summed E-state index contributed by atoms with van der Waals surface area (Å²) in [7, 11) is 1.52. The molecule has 1 aromatic heterocycles. The van der Waals surface area contributed by atoms with Gasteiger partial charge < -0.3 is 9.15 Å². The number of rotatable bonds is 5. The Hall–Kier alpha value is -2.89. The number of nitro groups is 1. The van der Waals surface area contributed by atoms with Crippen LogP contribution in [-0.4, -0.2) is 17.8 Å². The van der Waals surface area contributed by atoms with E-state index in [0.717, 1.165) is 0 Å². The van der Waals surface area contributed by atoms with Crippen molar-refractivity contribution in [3.8, 4) is 5.75 Å². The fourth-order valence-electron chi connectivity index (χ4n) is 1.56. The van der Waals surface area contributed by atoms with Gasteiger partial charge in [0.15, 0.2) is 5.78 Å². The lowest BCUT2D eigenvalue weighted by Gasteiger charge is -2.00. The number of hydrogen-bond acceptors (Lipinski definition) is 5. The molecule has 0 saturated heterocycles. The summed E-state index contributed by atoms with van der Waals surface area (Å²) < 4.78 is 9.94. The van der Waals surface area contributed by atoms with Gasteiger partial charge in [0.2, 0.25) is 0 Å². The number of benzene rings is 1. The molecule has 0 atom stereocenters. The Bertz CT molecular complexity index is 672. The molecule has 0 fully saturated rings. The highest BCUT2D eigenvalue weighted by Gasteiger charge is 2.10. The van der Waals surface area contributed by atoms with E-state index < -0.39 is 4.92 Å². The molecular weight excluding hydrogens is 262 g/mol. The summed E-state index contributed by atoms with van der Waals surface area (Å²) in [5, 5.41) is 10.5. The lowest BCUT2D eigenvalue weighted by molar-refractivity contribution is -0.402. The summed E-state index contributed by atoms with van der Waals surface area (Å²) in [5.74, 6) is 0.215. The van der Waals surface area contributed by atoms with E-state index in [0.29, 0.717) is 11.3 Å². The van der Waals surface area contributed by atoms with Crippen molar-refractivity contribution in [2.24, 2.45) is 0 Å². The van der Waals surface area contributed by atoms with Crippen molar-refractivity contribution in [2.75, 3.05) is 7.11 Å². The molecule has 0 aliphatic carbocycles. The molecule has 0 aliphatic rings. The Morgan fingerprint density at radius 3 is 2.80 bits per heavy atom. The molecule has 0 aliphatic heterocycles. The van der Waals surface area contributed by atoms with E-state index >= 15 is 0 Å². The van der Waals surface area contributed by atoms with Gasteiger partial charge in [-0.3, -0.25) is 14.9 Å². The van der Waals surface area contributed by atoms with Gasteiger partial charge in [-0.1, -0.05) is 12.1 Å². The maximum atomic E-state index is 11.9. The van der Waals surface area contributed by atoms with Gasteiger partial charge >= 0.3 is 5.88 Å². The molecule has 6 nitrogen and oxygen atoms in total. The number of hydrogen-bond donors (Lipinski definition) is 0. The van der Waals surface area contributed by atoms with Crippen LogP contribution in [0.15, 0.2) is 46.9 Å². The molecular formula is C14H11NO5. The van der Waals surface area contributed by atoms with Crippen LogP contribution < -0.4 is 4.74 Å². The van der Waals surface area contributed by atoms with Crippen molar-refractivity contribution < 1.29 is 18.9 Å².